The van der Waals surface area contributed by atoms with Crippen LogP contribution in [-0.4, -0.2) is 7.05 Å². The van der Waals surface area contributed by atoms with Crippen molar-refractivity contribution >= 4 is 11.4 Å². The first kappa shape index (κ1) is 13.5. The minimum atomic E-state index is -0.416. The van der Waals surface area contributed by atoms with Crippen LogP contribution < -0.4 is 10.6 Å². The summed E-state index contributed by atoms with van der Waals surface area (Å²) in [6, 6.07) is 10.6. The summed E-state index contributed by atoms with van der Waals surface area (Å²) in [4.78, 5) is 1.49. The molecule has 2 aromatic carbocycles. The molecule has 0 radical (unpaired) electrons. The van der Waals surface area contributed by atoms with Gasteiger partial charge in [0.1, 0.15) is 11.6 Å². The summed E-state index contributed by atoms with van der Waals surface area (Å²) >= 11 is 0. The molecular formula is C15H16F2N2. The number of anilines is 2. The van der Waals surface area contributed by atoms with Crippen LogP contribution in [0.15, 0.2) is 42.5 Å². The summed E-state index contributed by atoms with van der Waals surface area (Å²) in [5.74, 6) is -0.815. The van der Waals surface area contributed by atoms with Gasteiger partial charge in [0.15, 0.2) is 0 Å². The fourth-order valence-electron chi connectivity index (χ4n) is 2.10. The molecule has 0 saturated carbocycles. The van der Waals surface area contributed by atoms with Crippen LogP contribution >= 0.6 is 0 Å². The van der Waals surface area contributed by atoms with E-state index in [0.29, 0.717) is 16.9 Å². The smallest absolute Gasteiger partial charge is 0.147 e. The highest BCUT2D eigenvalue weighted by Crippen LogP contribution is 2.33. The lowest BCUT2D eigenvalue weighted by Crippen LogP contribution is -2.18. The molecule has 0 fully saturated rings. The van der Waals surface area contributed by atoms with E-state index in [4.69, 9.17) is 5.73 Å². The van der Waals surface area contributed by atoms with Gasteiger partial charge >= 0.3 is 0 Å². The minimum Gasteiger partial charge on any atom is -0.340 e. The zero-order chi connectivity index (χ0) is 14.0. The molecule has 0 aliphatic carbocycles. The Bertz CT molecular complexity index is 582. The number of rotatable bonds is 3. The third-order valence-corrected chi connectivity index (χ3v) is 3.06. The number of halogens is 2. The lowest BCUT2D eigenvalue weighted by molar-refractivity contribution is 0.613. The van der Waals surface area contributed by atoms with E-state index in [1.165, 1.54) is 17.0 Å². The predicted octanol–water partition coefficient (Wildman–Crippen LogP) is 3.75. The average Bonchev–Trinajstić information content (AvgIpc) is 2.38. The van der Waals surface area contributed by atoms with Crippen molar-refractivity contribution in [2.75, 3.05) is 11.9 Å². The zero-order valence-corrected chi connectivity index (χ0v) is 10.9. The molecule has 2 rings (SSSR count). The molecule has 0 unspecified atom stereocenters. The van der Waals surface area contributed by atoms with Gasteiger partial charge in [-0.25, -0.2) is 8.78 Å². The number of hydrogen-bond donors (Lipinski definition) is 1. The monoisotopic (exact) mass is 262 g/mol. The largest absolute Gasteiger partial charge is 0.340 e. The van der Waals surface area contributed by atoms with Crippen molar-refractivity contribution < 1.29 is 8.78 Å². The second-order valence-corrected chi connectivity index (χ2v) is 4.48. The van der Waals surface area contributed by atoms with Crippen molar-refractivity contribution in [1.29, 1.82) is 0 Å². The fraction of sp³-hybridized carbons (Fsp3) is 0.200. The number of nitrogens with zero attached hydrogens (tertiary/aromatic N) is 1. The Hall–Kier alpha value is -1.94. The molecule has 2 nitrogen and oxygen atoms in total. The van der Waals surface area contributed by atoms with Crippen molar-refractivity contribution in [2.45, 2.75) is 13.0 Å². The molecule has 2 aromatic rings. The van der Waals surface area contributed by atoms with Crippen LogP contribution in [0.4, 0.5) is 20.2 Å². The second-order valence-electron chi connectivity index (χ2n) is 4.48. The molecule has 2 N–H and O–H groups in total. The van der Waals surface area contributed by atoms with Gasteiger partial charge in [0.2, 0.25) is 0 Å². The molecule has 0 spiro atoms. The Morgan fingerprint density at radius 2 is 1.63 bits per heavy atom. The van der Waals surface area contributed by atoms with Crippen LogP contribution in [0.2, 0.25) is 0 Å². The van der Waals surface area contributed by atoms with Crippen molar-refractivity contribution in [3.8, 4) is 0 Å². The molecule has 100 valence electrons. The van der Waals surface area contributed by atoms with Crippen LogP contribution in [0.25, 0.3) is 0 Å². The molecule has 0 amide bonds. The molecular weight excluding hydrogens is 246 g/mol. The maximum atomic E-state index is 14.1. The van der Waals surface area contributed by atoms with Gasteiger partial charge in [0.05, 0.1) is 11.4 Å². The minimum absolute atomic E-state index is 0.308. The third-order valence-electron chi connectivity index (χ3n) is 3.06. The van der Waals surface area contributed by atoms with Gasteiger partial charge in [-0.2, -0.15) is 0 Å². The van der Waals surface area contributed by atoms with Crippen molar-refractivity contribution in [2.24, 2.45) is 5.73 Å². The van der Waals surface area contributed by atoms with Crippen molar-refractivity contribution in [3.05, 3.63) is 59.7 Å². The Labute approximate surface area is 111 Å². The van der Waals surface area contributed by atoms with Crippen LogP contribution in [-0.2, 0) is 0 Å². The molecule has 1 atom stereocenters. The standard InChI is InChI=1S/C15H16F2N2/c1-10(18)11-6-5-8-13(17)15(11)19(2)14-9-4-3-7-12(14)16/h3-10H,18H2,1-2H3/t10-/m0/s1. The highest BCUT2D eigenvalue weighted by molar-refractivity contribution is 5.67. The summed E-state index contributed by atoms with van der Waals surface area (Å²) in [7, 11) is 1.63. The van der Waals surface area contributed by atoms with Crippen LogP contribution in [0.5, 0.6) is 0 Å². The van der Waals surface area contributed by atoms with E-state index in [-0.39, 0.29) is 6.04 Å². The number of hydrogen-bond acceptors (Lipinski definition) is 2. The Balaban J connectivity index is 2.56. The van der Waals surface area contributed by atoms with E-state index in [1.807, 2.05) is 0 Å². The van der Waals surface area contributed by atoms with E-state index >= 15 is 0 Å². The summed E-state index contributed by atoms with van der Waals surface area (Å²) < 4.78 is 27.9. The zero-order valence-electron chi connectivity index (χ0n) is 10.9. The Morgan fingerprint density at radius 1 is 1.00 bits per heavy atom. The van der Waals surface area contributed by atoms with Gasteiger partial charge in [0, 0.05) is 13.1 Å². The van der Waals surface area contributed by atoms with Gasteiger partial charge in [0.25, 0.3) is 0 Å². The summed E-state index contributed by atoms with van der Waals surface area (Å²) in [5.41, 5.74) is 7.12. The van der Waals surface area contributed by atoms with E-state index < -0.39 is 11.6 Å². The quantitative estimate of drug-likeness (QED) is 0.912. The molecule has 0 saturated heterocycles. The van der Waals surface area contributed by atoms with Crippen LogP contribution in [0.1, 0.15) is 18.5 Å². The summed E-state index contributed by atoms with van der Waals surface area (Å²) in [6.45, 7) is 1.77. The molecule has 19 heavy (non-hydrogen) atoms. The second kappa shape index (κ2) is 5.36. The summed E-state index contributed by atoms with van der Waals surface area (Å²) in [6.07, 6.45) is 0. The van der Waals surface area contributed by atoms with E-state index in [9.17, 15) is 8.78 Å². The number of nitrogens with two attached hydrogens (primary N) is 1. The molecule has 0 aliphatic rings. The van der Waals surface area contributed by atoms with Crippen LogP contribution in [0, 0.1) is 11.6 Å². The summed E-state index contributed by atoms with van der Waals surface area (Å²) in [5, 5.41) is 0. The van der Waals surface area contributed by atoms with Gasteiger partial charge in [-0.15, -0.1) is 0 Å². The lowest BCUT2D eigenvalue weighted by Gasteiger charge is -2.25. The van der Waals surface area contributed by atoms with Gasteiger partial charge < -0.3 is 10.6 Å². The number of para-hydroxylation sites is 2. The Morgan fingerprint density at radius 3 is 2.26 bits per heavy atom. The predicted molar refractivity (Wildman–Crippen MR) is 73.5 cm³/mol. The first-order chi connectivity index (χ1) is 9.02. The van der Waals surface area contributed by atoms with E-state index in [0.717, 1.165) is 0 Å². The van der Waals surface area contributed by atoms with E-state index in [2.05, 4.69) is 0 Å². The maximum Gasteiger partial charge on any atom is 0.147 e. The average molecular weight is 262 g/mol. The molecule has 0 bridgehead atoms. The highest BCUT2D eigenvalue weighted by atomic mass is 19.1. The van der Waals surface area contributed by atoms with Crippen molar-refractivity contribution in [3.63, 3.8) is 0 Å². The normalized spacial score (nSPS) is 12.3. The Kier molecular flexibility index (Phi) is 3.81. The van der Waals surface area contributed by atoms with Crippen LogP contribution in [0.3, 0.4) is 0 Å². The van der Waals surface area contributed by atoms with Gasteiger partial charge in [-0.1, -0.05) is 24.3 Å². The van der Waals surface area contributed by atoms with E-state index in [1.54, 1.807) is 44.3 Å². The molecule has 4 heteroatoms. The van der Waals surface area contributed by atoms with Gasteiger partial charge in [-0.05, 0) is 30.7 Å². The first-order valence-corrected chi connectivity index (χ1v) is 6.04. The molecule has 0 heterocycles. The van der Waals surface area contributed by atoms with Crippen molar-refractivity contribution in [1.82, 2.24) is 0 Å². The topological polar surface area (TPSA) is 29.3 Å². The number of benzene rings is 2. The SMILES string of the molecule is C[C@H](N)c1cccc(F)c1N(C)c1ccccc1F. The van der Waals surface area contributed by atoms with Gasteiger partial charge in [-0.3, -0.25) is 0 Å². The lowest BCUT2D eigenvalue weighted by atomic mass is 10.0. The third kappa shape index (κ3) is 2.58. The first-order valence-electron chi connectivity index (χ1n) is 6.04. The highest BCUT2D eigenvalue weighted by Gasteiger charge is 2.18. The molecule has 0 aromatic heterocycles. The molecule has 0 aliphatic heterocycles. The maximum absolute atomic E-state index is 14.1. The fourth-order valence-corrected chi connectivity index (χ4v) is 2.10.